The summed E-state index contributed by atoms with van der Waals surface area (Å²) < 4.78 is 0. The summed E-state index contributed by atoms with van der Waals surface area (Å²) in [4.78, 5) is 28.8. The van der Waals surface area contributed by atoms with Crippen LogP contribution in [0.1, 0.15) is 18.9 Å². The molecule has 0 bridgehead atoms. The molecule has 0 saturated carbocycles. The fraction of sp³-hybridized carbons (Fsp3) is 0.286. The second-order valence-corrected chi connectivity index (χ2v) is 7.35. The maximum absolute atomic E-state index is 13.1. The molecule has 146 valence electrons. The van der Waals surface area contributed by atoms with Crippen LogP contribution in [-0.4, -0.2) is 41.0 Å². The Morgan fingerprint density at radius 3 is 2.50 bits per heavy atom. The van der Waals surface area contributed by atoms with Crippen molar-refractivity contribution in [1.29, 1.82) is 0 Å². The van der Waals surface area contributed by atoms with Crippen molar-refractivity contribution in [2.24, 2.45) is 0 Å². The van der Waals surface area contributed by atoms with Gasteiger partial charge in [-0.1, -0.05) is 41.9 Å². The van der Waals surface area contributed by atoms with E-state index in [4.69, 9.17) is 23.8 Å². The van der Waals surface area contributed by atoms with E-state index in [1.807, 2.05) is 54.3 Å². The van der Waals surface area contributed by atoms with Crippen LogP contribution in [0.25, 0.3) is 0 Å². The van der Waals surface area contributed by atoms with Crippen LogP contribution in [-0.2, 0) is 16.0 Å². The van der Waals surface area contributed by atoms with Gasteiger partial charge in [0.05, 0.1) is 12.1 Å². The fourth-order valence-corrected chi connectivity index (χ4v) is 3.75. The summed E-state index contributed by atoms with van der Waals surface area (Å²) in [7, 11) is 0. The minimum atomic E-state index is -0.605. The molecule has 1 aliphatic heterocycles. The lowest BCUT2D eigenvalue weighted by Gasteiger charge is -2.30. The Labute approximate surface area is 175 Å². The van der Waals surface area contributed by atoms with Crippen LogP contribution in [0.5, 0.6) is 0 Å². The highest BCUT2D eigenvalue weighted by atomic mass is 35.5. The monoisotopic (exact) mass is 415 g/mol. The maximum Gasteiger partial charge on any atom is 0.257 e. The van der Waals surface area contributed by atoms with Gasteiger partial charge in [-0.2, -0.15) is 0 Å². The number of anilines is 1. The summed E-state index contributed by atoms with van der Waals surface area (Å²) in [5.74, 6) is -0.454. The topological polar surface area (TPSA) is 52.7 Å². The zero-order valence-electron chi connectivity index (χ0n) is 15.6. The number of benzene rings is 2. The maximum atomic E-state index is 13.1. The SMILES string of the molecule is CCNC(=S)N(CCc1ccc(Cl)cc1)C1CC(=O)N(c2ccccc2)C1=O. The lowest BCUT2D eigenvalue weighted by Crippen LogP contribution is -2.50. The summed E-state index contributed by atoms with van der Waals surface area (Å²) in [6.07, 6.45) is 0.798. The van der Waals surface area contributed by atoms with E-state index in [9.17, 15) is 9.59 Å². The van der Waals surface area contributed by atoms with Gasteiger partial charge in [0, 0.05) is 18.1 Å². The molecule has 1 saturated heterocycles. The first kappa shape index (κ1) is 20.3. The normalized spacial score (nSPS) is 16.4. The average molecular weight is 416 g/mol. The third-order valence-electron chi connectivity index (χ3n) is 4.66. The molecule has 0 radical (unpaired) electrons. The molecule has 1 fully saturated rings. The van der Waals surface area contributed by atoms with Crippen molar-refractivity contribution in [3.8, 4) is 0 Å². The van der Waals surface area contributed by atoms with Gasteiger partial charge in [-0.25, -0.2) is 4.90 Å². The number of hydrogen-bond acceptors (Lipinski definition) is 3. The molecule has 5 nitrogen and oxygen atoms in total. The van der Waals surface area contributed by atoms with Crippen molar-refractivity contribution in [2.45, 2.75) is 25.8 Å². The molecular formula is C21H22ClN3O2S. The summed E-state index contributed by atoms with van der Waals surface area (Å²) in [5.41, 5.74) is 1.68. The molecule has 0 aromatic heterocycles. The standard InChI is InChI=1S/C21H22ClN3O2S/c1-2-23-21(28)24(13-12-15-8-10-16(22)11-9-15)18-14-19(26)25(20(18)27)17-6-4-3-5-7-17/h3-11,18H,2,12-14H2,1H3,(H,23,28). The average Bonchev–Trinajstić information content (AvgIpc) is 2.98. The Balaban J connectivity index is 1.79. The minimum Gasteiger partial charge on any atom is -0.363 e. The molecular weight excluding hydrogens is 394 g/mol. The van der Waals surface area contributed by atoms with Crippen LogP contribution in [0.3, 0.4) is 0 Å². The van der Waals surface area contributed by atoms with Gasteiger partial charge in [-0.15, -0.1) is 0 Å². The van der Waals surface area contributed by atoms with Gasteiger partial charge in [0.15, 0.2) is 5.11 Å². The number of carbonyl (C=O) groups is 2. The summed E-state index contributed by atoms with van der Waals surface area (Å²) in [5, 5.41) is 4.28. The number of nitrogens with zero attached hydrogens (tertiary/aromatic N) is 2. The van der Waals surface area contributed by atoms with E-state index >= 15 is 0 Å². The Morgan fingerprint density at radius 1 is 1.18 bits per heavy atom. The van der Waals surface area contributed by atoms with Crippen LogP contribution < -0.4 is 10.2 Å². The molecule has 1 N–H and O–H groups in total. The summed E-state index contributed by atoms with van der Waals surface area (Å²) in [6.45, 7) is 3.12. The van der Waals surface area contributed by atoms with E-state index in [0.29, 0.717) is 35.3 Å². The summed E-state index contributed by atoms with van der Waals surface area (Å²) in [6, 6.07) is 16.0. The second kappa shape index (κ2) is 9.17. The Morgan fingerprint density at radius 2 is 1.86 bits per heavy atom. The molecule has 1 unspecified atom stereocenters. The van der Waals surface area contributed by atoms with E-state index < -0.39 is 6.04 Å². The van der Waals surface area contributed by atoms with Crippen LogP contribution in [0.2, 0.25) is 5.02 Å². The number of nitrogens with one attached hydrogen (secondary N) is 1. The molecule has 2 aromatic rings. The number of thiocarbonyl (C=S) groups is 1. The minimum absolute atomic E-state index is 0.111. The number of imide groups is 1. The van der Waals surface area contributed by atoms with E-state index in [-0.39, 0.29) is 18.2 Å². The zero-order valence-corrected chi connectivity index (χ0v) is 17.2. The zero-order chi connectivity index (χ0) is 20.1. The first-order chi connectivity index (χ1) is 13.5. The lowest BCUT2D eigenvalue weighted by atomic mass is 10.1. The Kier molecular flexibility index (Phi) is 6.65. The van der Waals surface area contributed by atoms with Crippen LogP contribution in [0, 0.1) is 0 Å². The van der Waals surface area contributed by atoms with E-state index in [0.717, 1.165) is 5.56 Å². The molecule has 1 aliphatic rings. The largest absolute Gasteiger partial charge is 0.363 e. The Hall–Kier alpha value is -2.44. The molecule has 0 aliphatic carbocycles. The van der Waals surface area contributed by atoms with Gasteiger partial charge in [0.2, 0.25) is 5.91 Å². The van der Waals surface area contributed by atoms with Crippen molar-refractivity contribution < 1.29 is 9.59 Å². The first-order valence-corrected chi connectivity index (χ1v) is 10.0. The third kappa shape index (κ3) is 4.51. The van der Waals surface area contributed by atoms with Crippen LogP contribution in [0.15, 0.2) is 54.6 Å². The molecule has 2 aromatic carbocycles. The molecule has 28 heavy (non-hydrogen) atoms. The molecule has 2 amide bonds. The van der Waals surface area contributed by atoms with Crippen LogP contribution >= 0.6 is 23.8 Å². The molecule has 1 atom stereocenters. The fourth-order valence-electron chi connectivity index (χ4n) is 3.26. The first-order valence-electron chi connectivity index (χ1n) is 9.22. The Bertz CT molecular complexity index is 858. The number of hydrogen-bond donors (Lipinski definition) is 1. The van der Waals surface area contributed by atoms with Crippen molar-refractivity contribution in [3.05, 3.63) is 65.2 Å². The van der Waals surface area contributed by atoms with Gasteiger partial charge in [-0.3, -0.25) is 9.59 Å². The number of halogens is 1. The van der Waals surface area contributed by atoms with Crippen LogP contribution in [0.4, 0.5) is 5.69 Å². The molecule has 3 rings (SSSR count). The highest BCUT2D eigenvalue weighted by Crippen LogP contribution is 2.26. The van der Waals surface area contributed by atoms with Crippen molar-refractivity contribution >= 4 is 46.4 Å². The number of carbonyl (C=O) groups excluding carboxylic acids is 2. The van der Waals surface area contributed by atoms with Crippen molar-refractivity contribution in [2.75, 3.05) is 18.0 Å². The highest BCUT2D eigenvalue weighted by molar-refractivity contribution is 7.80. The number of rotatable bonds is 6. The van der Waals surface area contributed by atoms with Crippen molar-refractivity contribution in [1.82, 2.24) is 10.2 Å². The van der Waals surface area contributed by atoms with Gasteiger partial charge in [0.1, 0.15) is 6.04 Å². The van der Waals surface area contributed by atoms with Crippen molar-refractivity contribution in [3.63, 3.8) is 0 Å². The smallest absolute Gasteiger partial charge is 0.257 e. The molecule has 0 spiro atoms. The predicted octanol–water partition coefficient (Wildman–Crippen LogP) is 3.41. The molecule has 7 heteroatoms. The number of para-hydroxylation sites is 1. The van der Waals surface area contributed by atoms with E-state index in [1.165, 1.54) is 4.90 Å². The quantitative estimate of drug-likeness (QED) is 0.578. The van der Waals surface area contributed by atoms with E-state index in [1.54, 1.807) is 12.1 Å². The van der Waals surface area contributed by atoms with Gasteiger partial charge in [0.25, 0.3) is 5.91 Å². The molecule has 1 heterocycles. The third-order valence-corrected chi connectivity index (χ3v) is 5.29. The number of amides is 2. The van der Waals surface area contributed by atoms with E-state index in [2.05, 4.69) is 5.32 Å². The second-order valence-electron chi connectivity index (χ2n) is 6.53. The predicted molar refractivity (Wildman–Crippen MR) is 115 cm³/mol. The lowest BCUT2D eigenvalue weighted by molar-refractivity contribution is -0.122. The summed E-state index contributed by atoms with van der Waals surface area (Å²) >= 11 is 11.5. The highest BCUT2D eigenvalue weighted by Gasteiger charge is 2.43. The van der Waals surface area contributed by atoms with Gasteiger partial charge >= 0.3 is 0 Å². The van der Waals surface area contributed by atoms with Gasteiger partial charge in [-0.05, 0) is 55.4 Å². The van der Waals surface area contributed by atoms with Gasteiger partial charge < -0.3 is 10.2 Å².